The molecule has 0 bridgehead atoms. The van der Waals surface area contributed by atoms with Crippen LogP contribution in [0, 0.1) is 6.92 Å². The van der Waals surface area contributed by atoms with Crippen molar-refractivity contribution in [3.8, 4) is 0 Å². The Morgan fingerprint density at radius 1 is 1.35 bits per heavy atom. The van der Waals surface area contributed by atoms with E-state index in [0.29, 0.717) is 5.95 Å². The number of rotatable bonds is 8. The molecule has 0 atom stereocenters. The standard InChI is InChI=1S/C12H19N3O2/c1-10-7-9-14-12(15-10)13-8-5-3-2-4-6-11(16)17/h7,9H,2-6,8H2,1H3,(H,16,17)(H,13,14,15). The number of carboxylic acids is 1. The van der Waals surface area contributed by atoms with Crippen LogP contribution in [0.4, 0.5) is 5.95 Å². The zero-order chi connectivity index (χ0) is 12.5. The predicted octanol–water partition coefficient (Wildman–Crippen LogP) is 2.23. The number of nitrogens with zero attached hydrogens (tertiary/aromatic N) is 2. The van der Waals surface area contributed by atoms with Crippen LogP contribution in [0.15, 0.2) is 12.3 Å². The van der Waals surface area contributed by atoms with Gasteiger partial charge in [0.25, 0.3) is 0 Å². The maximum absolute atomic E-state index is 10.3. The Balaban J connectivity index is 2.03. The molecule has 1 aromatic rings. The molecule has 0 saturated heterocycles. The number of aromatic nitrogens is 2. The lowest BCUT2D eigenvalue weighted by Crippen LogP contribution is -2.05. The molecule has 0 spiro atoms. The van der Waals surface area contributed by atoms with Gasteiger partial charge in [0.15, 0.2) is 0 Å². The van der Waals surface area contributed by atoms with Crippen molar-refractivity contribution in [3.63, 3.8) is 0 Å². The number of carboxylic acid groups (broad SMARTS) is 1. The lowest BCUT2D eigenvalue weighted by Gasteiger charge is -2.04. The van der Waals surface area contributed by atoms with Gasteiger partial charge in [-0.15, -0.1) is 0 Å². The number of aryl methyl sites for hydroxylation is 1. The molecular weight excluding hydrogens is 218 g/mol. The Bertz CT molecular complexity index is 355. The van der Waals surface area contributed by atoms with E-state index in [9.17, 15) is 4.79 Å². The molecule has 2 N–H and O–H groups in total. The highest BCUT2D eigenvalue weighted by Gasteiger charge is 1.97. The molecule has 0 aliphatic carbocycles. The fourth-order valence-electron chi connectivity index (χ4n) is 1.49. The lowest BCUT2D eigenvalue weighted by molar-refractivity contribution is -0.137. The molecule has 1 rings (SSSR count). The quantitative estimate of drug-likeness (QED) is 0.678. The van der Waals surface area contributed by atoms with E-state index in [1.165, 1.54) is 0 Å². The van der Waals surface area contributed by atoms with Gasteiger partial charge in [0.1, 0.15) is 0 Å². The van der Waals surface area contributed by atoms with Gasteiger partial charge < -0.3 is 10.4 Å². The van der Waals surface area contributed by atoms with E-state index in [4.69, 9.17) is 5.11 Å². The van der Waals surface area contributed by atoms with Gasteiger partial charge in [0.2, 0.25) is 5.95 Å². The van der Waals surface area contributed by atoms with Gasteiger partial charge >= 0.3 is 5.97 Å². The Morgan fingerprint density at radius 2 is 2.12 bits per heavy atom. The van der Waals surface area contributed by atoms with Crippen LogP contribution in [0.1, 0.15) is 37.8 Å². The molecule has 94 valence electrons. The van der Waals surface area contributed by atoms with Crippen LogP contribution in [-0.4, -0.2) is 27.6 Å². The van der Waals surface area contributed by atoms with Crippen LogP contribution in [0.3, 0.4) is 0 Å². The van der Waals surface area contributed by atoms with Gasteiger partial charge in [0, 0.05) is 24.9 Å². The van der Waals surface area contributed by atoms with Crippen molar-refractivity contribution in [2.24, 2.45) is 0 Å². The summed E-state index contributed by atoms with van der Waals surface area (Å²) in [4.78, 5) is 18.6. The normalized spacial score (nSPS) is 10.2. The first-order valence-corrected chi connectivity index (χ1v) is 5.94. The highest BCUT2D eigenvalue weighted by Crippen LogP contribution is 2.04. The van der Waals surface area contributed by atoms with Crippen LogP contribution in [0.5, 0.6) is 0 Å². The smallest absolute Gasteiger partial charge is 0.303 e. The molecule has 5 heteroatoms. The number of aliphatic carboxylic acids is 1. The van der Waals surface area contributed by atoms with E-state index in [-0.39, 0.29) is 6.42 Å². The molecule has 0 unspecified atom stereocenters. The largest absolute Gasteiger partial charge is 0.481 e. The molecule has 0 saturated carbocycles. The number of nitrogens with one attached hydrogen (secondary N) is 1. The van der Waals surface area contributed by atoms with Gasteiger partial charge in [-0.3, -0.25) is 4.79 Å². The minimum absolute atomic E-state index is 0.272. The molecule has 0 amide bonds. The molecule has 0 fully saturated rings. The zero-order valence-electron chi connectivity index (χ0n) is 10.1. The van der Waals surface area contributed by atoms with Gasteiger partial charge in [-0.05, 0) is 25.8 Å². The summed E-state index contributed by atoms with van der Waals surface area (Å²) in [6.07, 6.45) is 5.77. The first-order valence-electron chi connectivity index (χ1n) is 5.94. The second-order valence-electron chi connectivity index (χ2n) is 4.01. The van der Waals surface area contributed by atoms with Crippen molar-refractivity contribution in [1.82, 2.24) is 9.97 Å². The second kappa shape index (κ2) is 7.60. The topological polar surface area (TPSA) is 75.1 Å². The molecule has 1 heterocycles. The Morgan fingerprint density at radius 3 is 2.82 bits per heavy atom. The van der Waals surface area contributed by atoms with Gasteiger partial charge in [-0.25, -0.2) is 9.97 Å². The Kier molecular flexibility index (Phi) is 5.99. The highest BCUT2D eigenvalue weighted by molar-refractivity contribution is 5.66. The van der Waals surface area contributed by atoms with Crippen molar-refractivity contribution >= 4 is 11.9 Å². The van der Waals surface area contributed by atoms with Crippen molar-refractivity contribution in [2.45, 2.75) is 39.0 Å². The Hall–Kier alpha value is -1.65. The predicted molar refractivity (Wildman–Crippen MR) is 66.0 cm³/mol. The summed E-state index contributed by atoms with van der Waals surface area (Å²) in [5, 5.41) is 11.6. The summed E-state index contributed by atoms with van der Waals surface area (Å²) in [6, 6.07) is 1.86. The van der Waals surface area contributed by atoms with Crippen LogP contribution in [0.25, 0.3) is 0 Å². The summed E-state index contributed by atoms with van der Waals surface area (Å²) in [7, 11) is 0. The average molecular weight is 237 g/mol. The van der Waals surface area contributed by atoms with Crippen LogP contribution in [0.2, 0.25) is 0 Å². The number of hydrogen-bond donors (Lipinski definition) is 2. The second-order valence-corrected chi connectivity index (χ2v) is 4.01. The van der Waals surface area contributed by atoms with Crippen molar-refractivity contribution in [2.75, 3.05) is 11.9 Å². The van der Waals surface area contributed by atoms with Crippen molar-refractivity contribution in [1.29, 1.82) is 0 Å². The summed E-state index contributed by atoms with van der Waals surface area (Å²) in [5.74, 6) is -0.0492. The Labute approximate surface area is 101 Å². The van der Waals surface area contributed by atoms with E-state index >= 15 is 0 Å². The molecule has 0 aromatic carbocycles. The van der Waals surface area contributed by atoms with Crippen LogP contribution < -0.4 is 5.32 Å². The maximum Gasteiger partial charge on any atom is 0.303 e. The first-order chi connectivity index (χ1) is 8.18. The molecular formula is C12H19N3O2. The molecule has 0 aliphatic heterocycles. The number of anilines is 1. The summed E-state index contributed by atoms with van der Waals surface area (Å²) in [5.41, 5.74) is 0.948. The van der Waals surface area contributed by atoms with Crippen LogP contribution in [-0.2, 0) is 4.79 Å². The van der Waals surface area contributed by atoms with Gasteiger partial charge in [-0.1, -0.05) is 12.8 Å². The molecule has 5 nitrogen and oxygen atoms in total. The van der Waals surface area contributed by atoms with Gasteiger partial charge in [0.05, 0.1) is 0 Å². The average Bonchev–Trinajstić information content (AvgIpc) is 2.27. The van der Waals surface area contributed by atoms with E-state index < -0.39 is 5.97 Å². The van der Waals surface area contributed by atoms with Crippen molar-refractivity contribution in [3.05, 3.63) is 18.0 Å². The summed E-state index contributed by atoms with van der Waals surface area (Å²) >= 11 is 0. The minimum atomic E-state index is -0.712. The summed E-state index contributed by atoms with van der Waals surface area (Å²) in [6.45, 7) is 2.76. The highest BCUT2D eigenvalue weighted by atomic mass is 16.4. The van der Waals surface area contributed by atoms with Gasteiger partial charge in [-0.2, -0.15) is 0 Å². The third-order valence-electron chi connectivity index (χ3n) is 2.40. The van der Waals surface area contributed by atoms with Crippen LogP contribution >= 0.6 is 0 Å². The first kappa shape index (κ1) is 13.4. The molecule has 0 aliphatic rings. The fourth-order valence-corrected chi connectivity index (χ4v) is 1.49. The van der Waals surface area contributed by atoms with E-state index in [0.717, 1.165) is 37.9 Å². The van der Waals surface area contributed by atoms with E-state index in [1.54, 1.807) is 6.20 Å². The third-order valence-corrected chi connectivity index (χ3v) is 2.40. The van der Waals surface area contributed by atoms with E-state index in [2.05, 4.69) is 15.3 Å². The number of hydrogen-bond acceptors (Lipinski definition) is 4. The maximum atomic E-state index is 10.3. The lowest BCUT2D eigenvalue weighted by atomic mass is 10.1. The molecule has 1 aromatic heterocycles. The SMILES string of the molecule is Cc1ccnc(NCCCCCCC(=O)O)n1. The molecule has 17 heavy (non-hydrogen) atoms. The number of carbonyl (C=O) groups is 1. The fraction of sp³-hybridized carbons (Fsp3) is 0.583. The monoisotopic (exact) mass is 237 g/mol. The zero-order valence-corrected chi connectivity index (χ0v) is 10.1. The van der Waals surface area contributed by atoms with Crippen molar-refractivity contribution < 1.29 is 9.90 Å². The summed E-state index contributed by atoms with van der Waals surface area (Å²) < 4.78 is 0. The van der Waals surface area contributed by atoms with E-state index in [1.807, 2.05) is 13.0 Å². The minimum Gasteiger partial charge on any atom is -0.481 e. The number of unbranched alkanes of at least 4 members (excludes halogenated alkanes) is 3. The molecule has 0 radical (unpaired) electrons. The third kappa shape index (κ3) is 6.50.